The van der Waals surface area contributed by atoms with Gasteiger partial charge >= 0.3 is 6.03 Å². The Balaban J connectivity index is 1.45. The summed E-state index contributed by atoms with van der Waals surface area (Å²) >= 11 is 9.60. The van der Waals surface area contributed by atoms with E-state index in [0.29, 0.717) is 22.7 Å². The maximum Gasteiger partial charge on any atom is 0.335 e. The van der Waals surface area contributed by atoms with Gasteiger partial charge in [-0.15, -0.1) is 0 Å². The molecule has 1 aliphatic heterocycles. The van der Waals surface area contributed by atoms with Gasteiger partial charge in [0.25, 0.3) is 17.7 Å². The van der Waals surface area contributed by atoms with E-state index in [4.69, 9.17) is 21.1 Å². The number of barbiturate groups is 1. The molecule has 11 heteroatoms. The second-order valence-corrected chi connectivity index (χ2v) is 9.01. The molecule has 9 nitrogen and oxygen atoms in total. The number of ether oxygens (including phenoxy) is 2. The number of halogens is 2. The summed E-state index contributed by atoms with van der Waals surface area (Å²) in [6, 6.07) is 17.0. The number of rotatable bonds is 7. The van der Waals surface area contributed by atoms with Crippen LogP contribution in [0.25, 0.3) is 6.08 Å². The molecule has 0 aromatic heterocycles. The number of carbonyl (C=O) groups is 4. The fourth-order valence-corrected chi connectivity index (χ4v) is 3.90. The highest BCUT2D eigenvalue weighted by molar-refractivity contribution is 9.10. The highest BCUT2D eigenvalue weighted by Crippen LogP contribution is 2.28. The van der Waals surface area contributed by atoms with Crippen LogP contribution in [0.1, 0.15) is 5.56 Å². The lowest BCUT2D eigenvalue weighted by molar-refractivity contribution is -0.122. The highest BCUT2D eigenvalue weighted by Gasteiger charge is 2.36. The molecular formula is C26H19BrClN3O6. The summed E-state index contributed by atoms with van der Waals surface area (Å²) in [5.74, 6) is -1.09. The molecule has 4 rings (SSSR count). The Morgan fingerprint density at radius 1 is 1.05 bits per heavy atom. The Kier molecular flexibility index (Phi) is 7.90. The van der Waals surface area contributed by atoms with Gasteiger partial charge in [-0.05, 0) is 72.3 Å². The Morgan fingerprint density at radius 3 is 2.41 bits per heavy atom. The van der Waals surface area contributed by atoms with E-state index in [0.717, 1.165) is 9.37 Å². The minimum atomic E-state index is -0.843. The SMILES string of the molecule is COc1ccc(NC(=O)COc2ccc(/C=C3\C(=O)NC(=O)N(c4ccc(Br)cc4)C3=O)cc2Cl)cc1. The van der Waals surface area contributed by atoms with Crippen LogP contribution in [-0.4, -0.2) is 37.5 Å². The van der Waals surface area contributed by atoms with Crippen molar-refractivity contribution in [3.8, 4) is 11.5 Å². The van der Waals surface area contributed by atoms with Crippen molar-refractivity contribution in [1.82, 2.24) is 5.32 Å². The van der Waals surface area contributed by atoms with Crippen LogP contribution in [0.2, 0.25) is 5.02 Å². The average molecular weight is 585 g/mol. The lowest BCUT2D eigenvalue weighted by Gasteiger charge is -2.26. The first-order valence-corrected chi connectivity index (χ1v) is 12.0. The molecular weight excluding hydrogens is 566 g/mol. The van der Waals surface area contributed by atoms with Crippen molar-refractivity contribution in [2.75, 3.05) is 23.9 Å². The van der Waals surface area contributed by atoms with Crippen molar-refractivity contribution >= 4 is 68.7 Å². The van der Waals surface area contributed by atoms with Crippen molar-refractivity contribution in [1.29, 1.82) is 0 Å². The van der Waals surface area contributed by atoms with Gasteiger partial charge in [-0.2, -0.15) is 0 Å². The van der Waals surface area contributed by atoms with E-state index in [1.54, 1.807) is 61.7 Å². The molecule has 37 heavy (non-hydrogen) atoms. The predicted molar refractivity (Wildman–Crippen MR) is 142 cm³/mol. The largest absolute Gasteiger partial charge is 0.497 e. The quantitative estimate of drug-likeness (QED) is 0.305. The lowest BCUT2D eigenvalue weighted by atomic mass is 10.1. The number of nitrogens with zero attached hydrogens (tertiary/aromatic N) is 1. The molecule has 3 aromatic rings. The van der Waals surface area contributed by atoms with Crippen LogP contribution in [0.4, 0.5) is 16.2 Å². The van der Waals surface area contributed by atoms with Gasteiger partial charge < -0.3 is 14.8 Å². The molecule has 0 aliphatic carbocycles. The summed E-state index contributed by atoms with van der Waals surface area (Å²) in [7, 11) is 1.55. The first kappa shape index (κ1) is 25.9. The number of urea groups is 1. The fraction of sp³-hybridized carbons (Fsp3) is 0.0769. The molecule has 1 saturated heterocycles. The average Bonchev–Trinajstić information content (AvgIpc) is 2.87. The molecule has 1 aliphatic rings. The van der Waals surface area contributed by atoms with E-state index >= 15 is 0 Å². The number of hydrogen-bond donors (Lipinski definition) is 2. The van der Waals surface area contributed by atoms with Gasteiger partial charge in [-0.1, -0.05) is 33.6 Å². The number of amides is 5. The summed E-state index contributed by atoms with van der Waals surface area (Å²) in [5.41, 5.74) is 1.06. The monoisotopic (exact) mass is 583 g/mol. The van der Waals surface area contributed by atoms with Crippen LogP contribution >= 0.6 is 27.5 Å². The van der Waals surface area contributed by atoms with Crippen LogP contribution in [0, 0.1) is 0 Å². The van der Waals surface area contributed by atoms with Gasteiger partial charge in [0.2, 0.25) is 0 Å². The van der Waals surface area contributed by atoms with Gasteiger partial charge in [-0.25, -0.2) is 9.69 Å². The zero-order valence-electron chi connectivity index (χ0n) is 19.3. The molecule has 3 aromatic carbocycles. The molecule has 0 radical (unpaired) electrons. The van der Waals surface area contributed by atoms with Gasteiger partial charge in [0, 0.05) is 10.2 Å². The summed E-state index contributed by atoms with van der Waals surface area (Å²) < 4.78 is 11.4. The number of carbonyl (C=O) groups excluding carboxylic acids is 4. The van der Waals surface area contributed by atoms with E-state index in [1.165, 1.54) is 18.2 Å². The van der Waals surface area contributed by atoms with Gasteiger partial charge in [0.1, 0.15) is 17.1 Å². The summed E-state index contributed by atoms with van der Waals surface area (Å²) in [6.07, 6.45) is 1.32. The van der Waals surface area contributed by atoms with E-state index < -0.39 is 23.8 Å². The Bertz CT molecular complexity index is 1410. The van der Waals surface area contributed by atoms with Crippen molar-refractivity contribution in [3.63, 3.8) is 0 Å². The topological polar surface area (TPSA) is 114 Å². The maximum absolute atomic E-state index is 13.0. The standard InChI is InChI=1S/C26H19BrClN3O6/c1-36-19-9-5-17(6-10-19)29-23(32)14-37-22-11-2-15(13-21(22)28)12-20-24(33)30-26(35)31(25(20)34)18-7-3-16(27)4-8-18/h2-13H,14H2,1H3,(H,29,32)(H,30,33,35)/b20-12+. The molecule has 0 saturated carbocycles. The predicted octanol–water partition coefficient (Wildman–Crippen LogP) is 4.80. The van der Waals surface area contributed by atoms with Crippen LogP contribution in [0.15, 0.2) is 76.8 Å². The van der Waals surface area contributed by atoms with E-state index in [-0.39, 0.29) is 23.0 Å². The smallest absolute Gasteiger partial charge is 0.335 e. The second kappa shape index (κ2) is 11.3. The summed E-state index contributed by atoms with van der Waals surface area (Å²) in [4.78, 5) is 50.8. The number of anilines is 2. The molecule has 5 amide bonds. The minimum absolute atomic E-state index is 0.163. The summed E-state index contributed by atoms with van der Waals surface area (Å²) in [5, 5.41) is 5.02. The zero-order chi connectivity index (χ0) is 26.5. The molecule has 0 atom stereocenters. The first-order chi connectivity index (χ1) is 17.7. The molecule has 188 valence electrons. The van der Waals surface area contributed by atoms with Crippen molar-refractivity contribution in [2.45, 2.75) is 0 Å². The van der Waals surface area contributed by atoms with Gasteiger partial charge in [0.05, 0.1) is 17.8 Å². The van der Waals surface area contributed by atoms with Crippen molar-refractivity contribution < 1.29 is 28.7 Å². The first-order valence-electron chi connectivity index (χ1n) is 10.8. The van der Waals surface area contributed by atoms with Crippen molar-refractivity contribution in [3.05, 3.63) is 87.4 Å². The molecule has 0 bridgehead atoms. The molecule has 2 N–H and O–H groups in total. The molecule has 1 heterocycles. The Hall–Kier alpha value is -4.15. The Labute approximate surface area is 225 Å². The third-order valence-corrected chi connectivity index (χ3v) is 6.01. The van der Waals surface area contributed by atoms with Gasteiger partial charge in [0.15, 0.2) is 6.61 Å². The molecule has 1 fully saturated rings. The van der Waals surface area contributed by atoms with E-state index in [1.807, 2.05) is 0 Å². The highest BCUT2D eigenvalue weighted by atomic mass is 79.9. The van der Waals surface area contributed by atoms with E-state index in [9.17, 15) is 19.2 Å². The Morgan fingerprint density at radius 2 is 1.76 bits per heavy atom. The third kappa shape index (κ3) is 6.16. The number of imide groups is 2. The lowest BCUT2D eigenvalue weighted by Crippen LogP contribution is -2.54. The second-order valence-electron chi connectivity index (χ2n) is 7.69. The maximum atomic E-state index is 13.0. The van der Waals surface area contributed by atoms with Crippen molar-refractivity contribution in [2.24, 2.45) is 0 Å². The number of methoxy groups -OCH3 is 1. The number of benzene rings is 3. The molecule has 0 spiro atoms. The normalized spacial score (nSPS) is 14.4. The van der Waals surface area contributed by atoms with Crippen LogP contribution < -0.4 is 25.0 Å². The van der Waals surface area contributed by atoms with Crippen LogP contribution in [0.5, 0.6) is 11.5 Å². The number of hydrogen-bond acceptors (Lipinski definition) is 6. The molecule has 0 unspecified atom stereocenters. The third-order valence-electron chi connectivity index (χ3n) is 5.19. The minimum Gasteiger partial charge on any atom is -0.497 e. The number of nitrogens with one attached hydrogen (secondary N) is 2. The van der Waals surface area contributed by atoms with Gasteiger partial charge in [-0.3, -0.25) is 19.7 Å². The van der Waals surface area contributed by atoms with E-state index in [2.05, 4.69) is 26.6 Å². The van der Waals surface area contributed by atoms with Crippen LogP contribution in [-0.2, 0) is 14.4 Å². The fourth-order valence-electron chi connectivity index (χ4n) is 3.39. The van der Waals surface area contributed by atoms with Crippen LogP contribution in [0.3, 0.4) is 0 Å². The zero-order valence-corrected chi connectivity index (χ0v) is 21.6. The summed E-state index contributed by atoms with van der Waals surface area (Å²) in [6.45, 7) is -0.294.